The average molecular weight is 285 g/mol. The van der Waals surface area contributed by atoms with E-state index in [2.05, 4.69) is 5.32 Å². The molecule has 0 spiro atoms. The highest BCUT2D eigenvalue weighted by molar-refractivity contribution is 5.99. The van der Waals surface area contributed by atoms with Crippen molar-refractivity contribution >= 4 is 17.3 Å². The Morgan fingerprint density at radius 3 is 2.19 bits per heavy atom. The first-order valence-electron chi connectivity index (χ1n) is 8.00. The average Bonchev–Trinajstić information content (AvgIpc) is 2.38. The number of nitrogens with two attached hydrogens (primary N) is 2. The van der Waals surface area contributed by atoms with Gasteiger partial charge >= 0.3 is 0 Å². The highest BCUT2D eigenvalue weighted by atomic mass is 16.1. The Morgan fingerprint density at radius 1 is 1.10 bits per heavy atom. The summed E-state index contributed by atoms with van der Waals surface area (Å²) in [5.74, 6) is 2.23. The van der Waals surface area contributed by atoms with Gasteiger partial charge in [-0.2, -0.15) is 0 Å². The van der Waals surface area contributed by atoms with E-state index in [4.69, 9.17) is 11.5 Å². The Labute approximate surface area is 125 Å². The third-order valence-corrected chi connectivity index (χ3v) is 5.77. The predicted molar refractivity (Wildman–Crippen MR) is 83.9 cm³/mol. The number of benzene rings is 1. The molecule has 1 amide bonds. The third-order valence-electron chi connectivity index (χ3n) is 5.77. The zero-order valence-electron chi connectivity index (χ0n) is 12.3. The van der Waals surface area contributed by atoms with Crippen molar-refractivity contribution < 1.29 is 4.79 Å². The number of hydrogen-bond acceptors (Lipinski definition) is 3. The molecule has 0 heterocycles. The summed E-state index contributed by atoms with van der Waals surface area (Å²) in [6, 6.07) is 5.57. The Balaban J connectivity index is 1.61. The quantitative estimate of drug-likeness (QED) is 0.747. The molecule has 0 atom stereocenters. The van der Waals surface area contributed by atoms with Gasteiger partial charge in [0, 0.05) is 16.9 Å². The molecule has 0 aromatic heterocycles. The lowest BCUT2D eigenvalue weighted by Gasteiger charge is -2.57. The minimum absolute atomic E-state index is 0.236. The molecule has 4 nitrogen and oxygen atoms in total. The second-order valence-corrected chi connectivity index (χ2v) is 7.49. The molecule has 0 saturated heterocycles. The number of nitrogen functional groups attached to an aromatic ring is 1. The molecule has 112 valence electrons. The first-order valence-corrected chi connectivity index (χ1v) is 8.00. The van der Waals surface area contributed by atoms with Crippen LogP contribution in [0.15, 0.2) is 18.2 Å². The first-order chi connectivity index (χ1) is 10.0. The normalized spacial score (nSPS) is 36.7. The van der Waals surface area contributed by atoms with Gasteiger partial charge in [-0.05, 0) is 74.5 Å². The van der Waals surface area contributed by atoms with Gasteiger partial charge in [0.15, 0.2) is 0 Å². The molecular formula is C17H23N3O. The Kier molecular flexibility index (Phi) is 2.72. The molecule has 1 aromatic carbocycles. The summed E-state index contributed by atoms with van der Waals surface area (Å²) in [6.45, 7) is 0. The molecule has 21 heavy (non-hydrogen) atoms. The van der Waals surface area contributed by atoms with E-state index in [1.807, 2.05) is 12.1 Å². The molecule has 1 aromatic rings. The smallest absolute Gasteiger partial charge is 0.250 e. The van der Waals surface area contributed by atoms with Crippen molar-refractivity contribution in [1.29, 1.82) is 0 Å². The third kappa shape index (κ3) is 2.17. The van der Waals surface area contributed by atoms with Gasteiger partial charge in [0.1, 0.15) is 0 Å². The Hall–Kier alpha value is -1.71. The maximum absolute atomic E-state index is 11.5. The minimum Gasteiger partial charge on any atom is -0.398 e. The van der Waals surface area contributed by atoms with Crippen molar-refractivity contribution in [2.24, 2.45) is 23.5 Å². The summed E-state index contributed by atoms with van der Waals surface area (Å²) in [5.41, 5.74) is 13.3. The van der Waals surface area contributed by atoms with E-state index in [9.17, 15) is 4.79 Å². The van der Waals surface area contributed by atoms with Crippen molar-refractivity contribution in [3.05, 3.63) is 23.8 Å². The van der Waals surface area contributed by atoms with E-state index in [1.165, 1.54) is 38.5 Å². The molecule has 0 aliphatic heterocycles. The summed E-state index contributed by atoms with van der Waals surface area (Å²) in [7, 11) is 0. The van der Waals surface area contributed by atoms with Crippen LogP contribution in [0.2, 0.25) is 0 Å². The van der Waals surface area contributed by atoms with Crippen LogP contribution >= 0.6 is 0 Å². The van der Waals surface area contributed by atoms with E-state index in [1.54, 1.807) is 6.07 Å². The lowest BCUT2D eigenvalue weighted by molar-refractivity contribution is 0.0107. The Morgan fingerprint density at radius 2 is 1.67 bits per heavy atom. The van der Waals surface area contributed by atoms with Gasteiger partial charge in [-0.1, -0.05) is 0 Å². The van der Waals surface area contributed by atoms with Crippen molar-refractivity contribution in [1.82, 2.24) is 0 Å². The van der Waals surface area contributed by atoms with Crippen LogP contribution < -0.4 is 16.8 Å². The molecule has 5 rings (SSSR count). The predicted octanol–water partition coefficient (Wildman–Crippen LogP) is 2.75. The highest BCUT2D eigenvalue weighted by Gasteiger charge is 2.50. The van der Waals surface area contributed by atoms with Crippen LogP contribution in [0.5, 0.6) is 0 Å². The number of nitrogens with one attached hydrogen (secondary N) is 1. The first kappa shape index (κ1) is 13.0. The van der Waals surface area contributed by atoms with Gasteiger partial charge in [0.2, 0.25) is 0 Å². The fraction of sp³-hybridized carbons (Fsp3) is 0.588. The number of carbonyl (C=O) groups excluding carboxylic acids is 1. The number of hydrogen-bond donors (Lipinski definition) is 3. The van der Waals surface area contributed by atoms with Gasteiger partial charge in [-0.3, -0.25) is 4.79 Å². The summed E-state index contributed by atoms with van der Waals surface area (Å²) in [6.07, 6.45) is 8.10. The number of anilines is 2. The molecule has 5 N–H and O–H groups in total. The van der Waals surface area contributed by atoms with E-state index in [0.717, 1.165) is 23.4 Å². The number of amides is 1. The van der Waals surface area contributed by atoms with Crippen molar-refractivity contribution in [3.8, 4) is 0 Å². The SMILES string of the molecule is NC(=O)c1cc(NC23CC4CC(CC(C4)C2)C3)ccc1N. The number of carbonyl (C=O) groups is 1. The second-order valence-electron chi connectivity index (χ2n) is 7.49. The maximum atomic E-state index is 11.5. The van der Waals surface area contributed by atoms with Crippen LogP contribution in [-0.4, -0.2) is 11.4 Å². The summed E-state index contributed by atoms with van der Waals surface area (Å²) >= 11 is 0. The highest BCUT2D eigenvalue weighted by Crippen LogP contribution is 2.56. The molecular weight excluding hydrogens is 262 g/mol. The molecule has 4 saturated carbocycles. The van der Waals surface area contributed by atoms with Crippen LogP contribution in [0.1, 0.15) is 48.9 Å². The van der Waals surface area contributed by atoms with E-state index in [0.29, 0.717) is 11.3 Å². The Bertz CT molecular complexity index is 560. The lowest BCUT2D eigenvalue weighted by atomic mass is 9.53. The van der Waals surface area contributed by atoms with E-state index < -0.39 is 5.91 Å². The molecule has 4 aliphatic carbocycles. The molecule has 4 fully saturated rings. The fourth-order valence-corrected chi connectivity index (χ4v) is 5.42. The lowest BCUT2D eigenvalue weighted by Crippen LogP contribution is -2.54. The van der Waals surface area contributed by atoms with Crippen LogP contribution in [-0.2, 0) is 0 Å². The monoisotopic (exact) mass is 285 g/mol. The summed E-state index contributed by atoms with van der Waals surface area (Å²) < 4.78 is 0. The van der Waals surface area contributed by atoms with Crippen LogP contribution in [0.3, 0.4) is 0 Å². The number of primary amides is 1. The van der Waals surface area contributed by atoms with Crippen LogP contribution in [0.4, 0.5) is 11.4 Å². The van der Waals surface area contributed by atoms with Gasteiger partial charge in [-0.25, -0.2) is 0 Å². The van der Waals surface area contributed by atoms with Gasteiger partial charge in [0.25, 0.3) is 5.91 Å². The summed E-state index contributed by atoms with van der Waals surface area (Å²) in [5, 5.41) is 3.75. The fourth-order valence-electron chi connectivity index (χ4n) is 5.42. The maximum Gasteiger partial charge on any atom is 0.250 e. The molecule has 4 bridgehead atoms. The van der Waals surface area contributed by atoms with Gasteiger partial charge < -0.3 is 16.8 Å². The molecule has 4 aliphatic rings. The topological polar surface area (TPSA) is 81.1 Å². The second kappa shape index (κ2) is 4.39. The van der Waals surface area contributed by atoms with E-state index in [-0.39, 0.29) is 5.54 Å². The van der Waals surface area contributed by atoms with Crippen molar-refractivity contribution in [3.63, 3.8) is 0 Å². The summed E-state index contributed by atoms with van der Waals surface area (Å²) in [4.78, 5) is 11.5. The van der Waals surface area contributed by atoms with E-state index >= 15 is 0 Å². The minimum atomic E-state index is -0.457. The van der Waals surface area contributed by atoms with Crippen LogP contribution in [0, 0.1) is 17.8 Å². The van der Waals surface area contributed by atoms with Gasteiger partial charge in [0.05, 0.1) is 5.56 Å². The zero-order valence-corrected chi connectivity index (χ0v) is 12.3. The van der Waals surface area contributed by atoms with Gasteiger partial charge in [-0.15, -0.1) is 0 Å². The van der Waals surface area contributed by atoms with Crippen molar-refractivity contribution in [2.75, 3.05) is 11.1 Å². The molecule has 0 unspecified atom stereocenters. The van der Waals surface area contributed by atoms with Crippen LogP contribution in [0.25, 0.3) is 0 Å². The number of rotatable bonds is 3. The van der Waals surface area contributed by atoms with Crippen molar-refractivity contribution in [2.45, 2.75) is 44.1 Å². The zero-order chi connectivity index (χ0) is 14.6. The largest absolute Gasteiger partial charge is 0.398 e. The molecule has 4 heteroatoms. The molecule has 0 radical (unpaired) electrons. The standard InChI is InChI=1S/C17H23N3O/c18-15-2-1-13(6-14(15)16(19)21)20-17-7-10-3-11(8-17)5-12(4-10)9-17/h1-2,6,10-12,20H,3-5,7-9,18H2,(H2,19,21).